The quantitative estimate of drug-likeness (QED) is 0.855. The van der Waals surface area contributed by atoms with E-state index in [1.165, 1.54) is 11.1 Å². The highest BCUT2D eigenvalue weighted by Gasteiger charge is 2.04. The zero-order valence-corrected chi connectivity index (χ0v) is 13.1. The van der Waals surface area contributed by atoms with Crippen molar-refractivity contribution in [1.29, 1.82) is 0 Å². The predicted molar refractivity (Wildman–Crippen MR) is 88.3 cm³/mol. The summed E-state index contributed by atoms with van der Waals surface area (Å²) in [4.78, 5) is 10.7. The fourth-order valence-electron chi connectivity index (χ4n) is 2.07. The molecular weight excluding hydrogens is 262 g/mol. The molecular formula is C16H23N5. The number of likely N-dealkylation sites (N-methyl/N-ethyl adjacent to an activating group) is 1. The lowest BCUT2D eigenvalue weighted by Crippen LogP contribution is -2.21. The van der Waals surface area contributed by atoms with Crippen molar-refractivity contribution >= 4 is 17.3 Å². The van der Waals surface area contributed by atoms with Crippen LogP contribution in [-0.2, 0) is 0 Å². The normalized spacial score (nSPS) is 10.7. The summed E-state index contributed by atoms with van der Waals surface area (Å²) in [5.41, 5.74) is 3.52. The average Bonchev–Trinajstić information content (AvgIpc) is 2.43. The van der Waals surface area contributed by atoms with Crippen molar-refractivity contribution in [1.82, 2.24) is 14.9 Å². The second kappa shape index (κ2) is 7.04. The molecule has 0 radical (unpaired) electrons. The summed E-state index contributed by atoms with van der Waals surface area (Å²) >= 11 is 0. The van der Waals surface area contributed by atoms with Crippen LogP contribution in [0.2, 0.25) is 0 Å². The van der Waals surface area contributed by atoms with E-state index in [4.69, 9.17) is 0 Å². The Morgan fingerprint density at radius 3 is 2.38 bits per heavy atom. The summed E-state index contributed by atoms with van der Waals surface area (Å²) in [6.07, 6.45) is 1.58. The Morgan fingerprint density at radius 2 is 1.71 bits per heavy atom. The van der Waals surface area contributed by atoms with Crippen molar-refractivity contribution in [3.63, 3.8) is 0 Å². The van der Waals surface area contributed by atoms with Gasteiger partial charge in [-0.1, -0.05) is 18.2 Å². The van der Waals surface area contributed by atoms with Gasteiger partial charge in [-0.3, -0.25) is 0 Å². The van der Waals surface area contributed by atoms with Gasteiger partial charge in [0.15, 0.2) is 0 Å². The molecule has 0 saturated heterocycles. The molecule has 0 aliphatic heterocycles. The van der Waals surface area contributed by atoms with Gasteiger partial charge in [0.05, 0.1) is 0 Å². The zero-order chi connectivity index (χ0) is 15.2. The molecule has 0 aliphatic carbocycles. The van der Waals surface area contributed by atoms with Gasteiger partial charge in [-0.2, -0.15) is 0 Å². The molecule has 21 heavy (non-hydrogen) atoms. The topological polar surface area (TPSA) is 53.1 Å². The van der Waals surface area contributed by atoms with Crippen LogP contribution in [0.25, 0.3) is 0 Å². The first kappa shape index (κ1) is 15.3. The van der Waals surface area contributed by atoms with Gasteiger partial charge in [0.1, 0.15) is 18.0 Å². The Balaban J connectivity index is 2.07. The minimum Gasteiger partial charge on any atom is -0.369 e. The molecule has 1 heterocycles. The van der Waals surface area contributed by atoms with E-state index >= 15 is 0 Å². The molecule has 5 heteroatoms. The highest BCUT2D eigenvalue weighted by atomic mass is 15.1. The van der Waals surface area contributed by atoms with Crippen molar-refractivity contribution in [2.24, 2.45) is 0 Å². The van der Waals surface area contributed by atoms with Crippen LogP contribution in [-0.4, -0.2) is 42.1 Å². The van der Waals surface area contributed by atoms with Gasteiger partial charge in [-0.05, 0) is 39.1 Å². The van der Waals surface area contributed by atoms with Crippen molar-refractivity contribution in [3.05, 3.63) is 41.7 Å². The maximum Gasteiger partial charge on any atom is 0.135 e. The maximum absolute atomic E-state index is 4.29. The molecule has 2 aromatic rings. The van der Waals surface area contributed by atoms with Crippen molar-refractivity contribution in [2.75, 3.05) is 37.8 Å². The van der Waals surface area contributed by atoms with E-state index in [2.05, 4.69) is 71.6 Å². The van der Waals surface area contributed by atoms with E-state index in [0.717, 1.165) is 30.4 Å². The van der Waals surface area contributed by atoms with Gasteiger partial charge in [0.2, 0.25) is 0 Å². The van der Waals surface area contributed by atoms with E-state index in [-0.39, 0.29) is 0 Å². The molecule has 112 valence electrons. The number of hydrogen-bond donors (Lipinski definition) is 2. The largest absolute Gasteiger partial charge is 0.369 e. The molecule has 0 spiro atoms. The summed E-state index contributed by atoms with van der Waals surface area (Å²) < 4.78 is 0. The molecule has 0 atom stereocenters. The smallest absolute Gasteiger partial charge is 0.135 e. The Morgan fingerprint density at radius 1 is 1.05 bits per heavy atom. The second-order valence-corrected chi connectivity index (χ2v) is 5.41. The number of para-hydroxylation sites is 1. The van der Waals surface area contributed by atoms with Crippen LogP contribution >= 0.6 is 0 Å². The van der Waals surface area contributed by atoms with Crippen LogP contribution in [0.3, 0.4) is 0 Å². The van der Waals surface area contributed by atoms with E-state index in [1.807, 2.05) is 6.07 Å². The number of nitrogens with one attached hydrogen (secondary N) is 2. The number of aromatic nitrogens is 2. The molecule has 2 rings (SSSR count). The van der Waals surface area contributed by atoms with Gasteiger partial charge in [-0.15, -0.1) is 0 Å². The average molecular weight is 285 g/mol. The zero-order valence-electron chi connectivity index (χ0n) is 13.1. The highest BCUT2D eigenvalue weighted by molar-refractivity contribution is 5.65. The van der Waals surface area contributed by atoms with Gasteiger partial charge in [0, 0.05) is 24.8 Å². The van der Waals surface area contributed by atoms with Crippen LogP contribution < -0.4 is 10.6 Å². The number of nitrogens with zero attached hydrogens (tertiary/aromatic N) is 3. The van der Waals surface area contributed by atoms with Gasteiger partial charge < -0.3 is 15.5 Å². The first-order chi connectivity index (χ1) is 10.1. The molecule has 0 amide bonds. The number of anilines is 3. The minimum atomic E-state index is 0.801. The third-order valence-electron chi connectivity index (χ3n) is 3.27. The fourth-order valence-corrected chi connectivity index (χ4v) is 2.07. The molecule has 1 aromatic carbocycles. The molecule has 0 saturated carbocycles. The molecule has 0 unspecified atom stereocenters. The van der Waals surface area contributed by atoms with Crippen molar-refractivity contribution in [2.45, 2.75) is 13.8 Å². The van der Waals surface area contributed by atoms with E-state index in [1.54, 1.807) is 6.33 Å². The van der Waals surface area contributed by atoms with Crippen LogP contribution in [0.5, 0.6) is 0 Å². The summed E-state index contributed by atoms with van der Waals surface area (Å²) in [5.74, 6) is 1.63. The predicted octanol–water partition coefficient (Wildman–Crippen LogP) is 2.81. The number of hydrogen-bond acceptors (Lipinski definition) is 5. The monoisotopic (exact) mass is 285 g/mol. The third kappa shape index (κ3) is 4.43. The van der Waals surface area contributed by atoms with Crippen LogP contribution in [0, 0.1) is 13.8 Å². The Kier molecular flexibility index (Phi) is 5.11. The third-order valence-corrected chi connectivity index (χ3v) is 3.27. The van der Waals surface area contributed by atoms with E-state index in [9.17, 15) is 0 Å². The summed E-state index contributed by atoms with van der Waals surface area (Å²) in [6.45, 7) is 6.00. The Hall–Kier alpha value is -2.14. The van der Waals surface area contributed by atoms with Gasteiger partial charge in [0.25, 0.3) is 0 Å². The van der Waals surface area contributed by atoms with Gasteiger partial charge in [-0.25, -0.2) is 9.97 Å². The van der Waals surface area contributed by atoms with E-state index < -0.39 is 0 Å². The van der Waals surface area contributed by atoms with Gasteiger partial charge >= 0.3 is 0 Å². The minimum absolute atomic E-state index is 0.801. The molecule has 5 nitrogen and oxygen atoms in total. The van der Waals surface area contributed by atoms with Crippen molar-refractivity contribution < 1.29 is 0 Å². The molecule has 0 bridgehead atoms. The number of benzene rings is 1. The first-order valence-corrected chi connectivity index (χ1v) is 7.10. The first-order valence-electron chi connectivity index (χ1n) is 7.10. The molecule has 2 N–H and O–H groups in total. The maximum atomic E-state index is 4.29. The molecule has 0 aliphatic rings. The fraction of sp³-hybridized carbons (Fsp3) is 0.375. The number of rotatable bonds is 6. The summed E-state index contributed by atoms with van der Waals surface area (Å²) in [5, 5.41) is 6.68. The van der Waals surface area contributed by atoms with Crippen LogP contribution in [0.15, 0.2) is 30.6 Å². The van der Waals surface area contributed by atoms with Crippen molar-refractivity contribution in [3.8, 4) is 0 Å². The Labute approximate surface area is 126 Å². The lowest BCUT2D eigenvalue weighted by atomic mass is 10.1. The standard InChI is InChI=1S/C16H23N5/c1-12-6-5-7-13(2)16(12)20-15-10-14(18-11-19-15)17-8-9-21(3)4/h5-7,10-11H,8-9H2,1-4H3,(H2,17,18,19,20). The van der Waals surface area contributed by atoms with Crippen LogP contribution in [0.1, 0.15) is 11.1 Å². The second-order valence-electron chi connectivity index (χ2n) is 5.41. The molecule has 1 aromatic heterocycles. The Bertz CT molecular complexity index is 575. The lowest BCUT2D eigenvalue weighted by molar-refractivity contribution is 0.425. The van der Waals surface area contributed by atoms with E-state index in [0.29, 0.717) is 0 Å². The summed E-state index contributed by atoms with van der Waals surface area (Å²) in [6, 6.07) is 8.17. The SMILES string of the molecule is Cc1cccc(C)c1Nc1cc(NCCN(C)C)ncn1. The lowest BCUT2D eigenvalue weighted by Gasteiger charge is -2.13. The summed E-state index contributed by atoms with van der Waals surface area (Å²) in [7, 11) is 4.10. The number of aryl methyl sites for hydroxylation is 2. The molecule has 0 fully saturated rings. The highest BCUT2D eigenvalue weighted by Crippen LogP contribution is 2.23. The van der Waals surface area contributed by atoms with Crippen LogP contribution in [0.4, 0.5) is 17.3 Å².